The second-order valence-electron chi connectivity index (χ2n) is 3.19. The quantitative estimate of drug-likeness (QED) is 0.533. The fraction of sp³-hybridized carbons (Fsp3) is 0.750. The minimum Gasteiger partial charge on any atom is -0.480 e. The average Bonchev–Trinajstić information content (AvgIpc) is 2.85. The zero-order chi connectivity index (χ0) is 9.84. The van der Waals surface area contributed by atoms with E-state index < -0.39 is 12.0 Å². The number of nitrogens with one attached hydrogen (secondary N) is 1. The SMILES string of the molecule is O=C(NC(CCO)C(=O)O)C1CC1. The van der Waals surface area contributed by atoms with Crippen LogP contribution in [0.3, 0.4) is 0 Å². The van der Waals surface area contributed by atoms with Crippen LogP contribution in [-0.2, 0) is 9.59 Å². The normalized spacial score (nSPS) is 17.9. The van der Waals surface area contributed by atoms with Crippen LogP contribution in [0.25, 0.3) is 0 Å². The topological polar surface area (TPSA) is 86.6 Å². The standard InChI is InChI=1S/C8H13NO4/c10-4-3-6(8(12)13)9-7(11)5-1-2-5/h5-6,10H,1-4H2,(H,9,11)(H,12,13). The molecule has 1 amide bonds. The fourth-order valence-electron chi connectivity index (χ4n) is 1.02. The van der Waals surface area contributed by atoms with Crippen molar-refractivity contribution in [3.63, 3.8) is 0 Å². The molecule has 0 saturated heterocycles. The lowest BCUT2D eigenvalue weighted by atomic mass is 10.2. The molecule has 1 rings (SSSR count). The Balaban J connectivity index is 2.36. The Morgan fingerprint density at radius 1 is 1.46 bits per heavy atom. The van der Waals surface area contributed by atoms with Crippen LogP contribution in [0, 0.1) is 5.92 Å². The van der Waals surface area contributed by atoms with Crippen molar-refractivity contribution in [3.05, 3.63) is 0 Å². The number of rotatable bonds is 5. The first kappa shape index (κ1) is 9.98. The van der Waals surface area contributed by atoms with E-state index in [1.807, 2.05) is 0 Å². The molecule has 0 aromatic rings. The lowest BCUT2D eigenvalue weighted by Crippen LogP contribution is -2.42. The highest BCUT2D eigenvalue weighted by molar-refractivity contribution is 5.86. The van der Waals surface area contributed by atoms with Gasteiger partial charge in [0.1, 0.15) is 6.04 Å². The lowest BCUT2D eigenvalue weighted by Gasteiger charge is -2.12. The van der Waals surface area contributed by atoms with Crippen LogP contribution in [0.4, 0.5) is 0 Å². The minimum atomic E-state index is -1.09. The highest BCUT2D eigenvalue weighted by Gasteiger charge is 2.32. The van der Waals surface area contributed by atoms with Crippen molar-refractivity contribution in [1.29, 1.82) is 0 Å². The van der Waals surface area contributed by atoms with E-state index in [-0.39, 0.29) is 24.9 Å². The van der Waals surface area contributed by atoms with Crippen LogP contribution in [0.5, 0.6) is 0 Å². The molecule has 0 heterocycles. The van der Waals surface area contributed by atoms with E-state index in [1.54, 1.807) is 0 Å². The molecule has 0 aromatic carbocycles. The van der Waals surface area contributed by atoms with Crippen molar-refractivity contribution in [1.82, 2.24) is 5.32 Å². The van der Waals surface area contributed by atoms with Gasteiger partial charge in [-0.25, -0.2) is 4.79 Å². The summed E-state index contributed by atoms with van der Waals surface area (Å²) in [4.78, 5) is 21.7. The summed E-state index contributed by atoms with van der Waals surface area (Å²) in [6.45, 7) is -0.234. The first-order chi connectivity index (χ1) is 6.15. The van der Waals surface area contributed by atoms with Crippen molar-refractivity contribution in [2.45, 2.75) is 25.3 Å². The summed E-state index contributed by atoms with van der Waals surface area (Å²) in [7, 11) is 0. The summed E-state index contributed by atoms with van der Waals surface area (Å²) in [5.74, 6) is -1.30. The van der Waals surface area contributed by atoms with E-state index in [4.69, 9.17) is 10.2 Å². The van der Waals surface area contributed by atoms with Crippen molar-refractivity contribution in [2.24, 2.45) is 5.92 Å². The highest BCUT2D eigenvalue weighted by atomic mass is 16.4. The summed E-state index contributed by atoms with van der Waals surface area (Å²) < 4.78 is 0. The summed E-state index contributed by atoms with van der Waals surface area (Å²) in [6.07, 6.45) is 1.75. The highest BCUT2D eigenvalue weighted by Crippen LogP contribution is 2.28. The van der Waals surface area contributed by atoms with Gasteiger partial charge in [-0.1, -0.05) is 0 Å². The molecule has 5 heteroatoms. The molecule has 3 N–H and O–H groups in total. The van der Waals surface area contributed by atoms with E-state index in [9.17, 15) is 9.59 Å². The number of hydrogen-bond acceptors (Lipinski definition) is 3. The maximum Gasteiger partial charge on any atom is 0.326 e. The number of aliphatic carboxylic acids is 1. The first-order valence-electron chi connectivity index (χ1n) is 4.29. The smallest absolute Gasteiger partial charge is 0.326 e. The predicted molar refractivity (Wildman–Crippen MR) is 44.0 cm³/mol. The molecule has 74 valence electrons. The Morgan fingerprint density at radius 3 is 2.46 bits per heavy atom. The molecule has 0 aliphatic heterocycles. The van der Waals surface area contributed by atoms with Gasteiger partial charge < -0.3 is 15.5 Å². The average molecular weight is 187 g/mol. The molecule has 1 aliphatic rings. The van der Waals surface area contributed by atoms with Crippen molar-refractivity contribution in [3.8, 4) is 0 Å². The van der Waals surface area contributed by atoms with E-state index in [0.717, 1.165) is 12.8 Å². The third-order valence-electron chi connectivity index (χ3n) is 1.98. The van der Waals surface area contributed by atoms with Gasteiger partial charge in [0.25, 0.3) is 0 Å². The van der Waals surface area contributed by atoms with Crippen molar-refractivity contribution >= 4 is 11.9 Å². The molecule has 1 saturated carbocycles. The Labute approximate surface area is 75.7 Å². The van der Waals surface area contributed by atoms with Crippen molar-refractivity contribution < 1.29 is 19.8 Å². The Kier molecular flexibility index (Phi) is 3.25. The van der Waals surface area contributed by atoms with E-state index >= 15 is 0 Å². The van der Waals surface area contributed by atoms with Crippen LogP contribution >= 0.6 is 0 Å². The van der Waals surface area contributed by atoms with Crippen molar-refractivity contribution in [2.75, 3.05) is 6.61 Å². The molecule has 0 radical (unpaired) electrons. The first-order valence-corrected chi connectivity index (χ1v) is 4.29. The third kappa shape index (κ3) is 3.02. The van der Waals surface area contributed by atoms with Gasteiger partial charge in [-0.3, -0.25) is 4.79 Å². The van der Waals surface area contributed by atoms with Gasteiger partial charge in [0, 0.05) is 18.9 Å². The molecular formula is C8H13NO4. The monoisotopic (exact) mass is 187 g/mol. The molecule has 13 heavy (non-hydrogen) atoms. The number of carbonyl (C=O) groups excluding carboxylic acids is 1. The third-order valence-corrected chi connectivity index (χ3v) is 1.98. The van der Waals surface area contributed by atoms with Gasteiger partial charge in [0.05, 0.1) is 0 Å². The zero-order valence-electron chi connectivity index (χ0n) is 7.19. The number of aliphatic hydroxyl groups is 1. The predicted octanol–water partition coefficient (Wildman–Crippen LogP) is -0.652. The van der Waals surface area contributed by atoms with Crippen LogP contribution in [0.15, 0.2) is 0 Å². The van der Waals surface area contributed by atoms with Crippen LogP contribution in [0.2, 0.25) is 0 Å². The Morgan fingerprint density at radius 2 is 2.08 bits per heavy atom. The number of carbonyl (C=O) groups is 2. The maximum atomic E-state index is 11.1. The Hall–Kier alpha value is -1.10. The van der Waals surface area contributed by atoms with Crippen LogP contribution in [0.1, 0.15) is 19.3 Å². The summed E-state index contributed by atoms with van der Waals surface area (Å²) in [5, 5.41) is 19.5. The van der Waals surface area contributed by atoms with Gasteiger partial charge in [0.15, 0.2) is 0 Å². The number of hydrogen-bond donors (Lipinski definition) is 3. The Bertz CT molecular complexity index is 212. The molecular weight excluding hydrogens is 174 g/mol. The second kappa shape index (κ2) is 4.23. The fourth-order valence-corrected chi connectivity index (χ4v) is 1.02. The molecule has 5 nitrogen and oxygen atoms in total. The molecule has 1 fully saturated rings. The van der Waals surface area contributed by atoms with Gasteiger partial charge in [0.2, 0.25) is 5.91 Å². The molecule has 0 aromatic heterocycles. The number of amides is 1. The lowest BCUT2D eigenvalue weighted by molar-refractivity contribution is -0.142. The van der Waals surface area contributed by atoms with Gasteiger partial charge >= 0.3 is 5.97 Å². The molecule has 0 spiro atoms. The molecule has 0 bridgehead atoms. The van der Waals surface area contributed by atoms with Crippen LogP contribution in [-0.4, -0.2) is 34.7 Å². The number of aliphatic hydroxyl groups excluding tert-OH is 1. The number of carboxylic acid groups (broad SMARTS) is 1. The summed E-state index contributed by atoms with van der Waals surface area (Å²) in [5.41, 5.74) is 0. The van der Waals surface area contributed by atoms with E-state index in [0.29, 0.717) is 0 Å². The van der Waals surface area contributed by atoms with E-state index in [2.05, 4.69) is 5.32 Å². The summed E-state index contributed by atoms with van der Waals surface area (Å²) in [6, 6.07) is -0.946. The maximum absolute atomic E-state index is 11.1. The van der Waals surface area contributed by atoms with E-state index in [1.165, 1.54) is 0 Å². The largest absolute Gasteiger partial charge is 0.480 e. The van der Waals surface area contributed by atoms with Gasteiger partial charge in [-0.15, -0.1) is 0 Å². The molecule has 1 aliphatic carbocycles. The molecule has 1 atom stereocenters. The summed E-state index contributed by atoms with van der Waals surface area (Å²) >= 11 is 0. The van der Waals surface area contributed by atoms with Crippen LogP contribution < -0.4 is 5.32 Å². The molecule has 1 unspecified atom stereocenters. The zero-order valence-corrected chi connectivity index (χ0v) is 7.19. The second-order valence-corrected chi connectivity index (χ2v) is 3.19. The minimum absolute atomic E-state index is 0.000503. The van der Waals surface area contributed by atoms with Gasteiger partial charge in [-0.05, 0) is 12.8 Å². The van der Waals surface area contributed by atoms with Gasteiger partial charge in [-0.2, -0.15) is 0 Å². The number of carboxylic acids is 1.